The number of hydrogen-bond donors (Lipinski definition) is 0. The molecule has 3 atom stereocenters. The summed E-state index contributed by atoms with van der Waals surface area (Å²) in [5.41, 5.74) is 0.133. The minimum absolute atomic E-state index is 0.0268. The minimum Gasteiger partial charge on any atom is -0.367 e. The molecule has 1 aromatic carbocycles. The van der Waals surface area contributed by atoms with Gasteiger partial charge in [0.1, 0.15) is 17.8 Å². The average Bonchev–Trinajstić information content (AvgIpc) is 2.79. The molecule has 1 saturated heterocycles. The SMILES string of the molecule is CC1CCC(C(=O)C(C#N)c2ccccc2F)O1. The molecular weight excluding hydrogens is 233 g/mol. The highest BCUT2D eigenvalue weighted by molar-refractivity contribution is 5.92. The minimum atomic E-state index is -1.08. The zero-order valence-corrected chi connectivity index (χ0v) is 10.1. The van der Waals surface area contributed by atoms with E-state index in [1.54, 1.807) is 6.07 Å². The van der Waals surface area contributed by atoms with E-state index in [1.165, 1.54) is 18.2 Å². The number of rotatable bonds is 3. The van der Waals surface area contributed by atoms with Gasteiger partial charge in [0.2, 0.25) is 0 Å². The summed E-state index contributed by atoms with van der Waals surface area (Å²) in [6, 6.07) is 7.76. The van der Waals surface area contributed by atoms with Crippen LogP contribution in [0.15, 0.2) is 24.3 Å². The number of nitrogens with zero attached hydrogens (tertiary/aromatic N) is 1. The van der Waals surface area contributed by atoms with Crippen molar-refractivity contribution in [3.05, 3.63) is 35.6 Å². The second kappa shape index (κ2) is 5.28. The summed E-state index contributed by atoms with van der Waals surface area (Å²) < 4.78 is 19.1. The van der Waals surface area contributed by atoms with Crippen molar-refractivity contribution in [2.24, 2.45) is 0 Å². The van der Waals surface area contributed by atoms with Gasteiger partial charge in [-0.05, 0) is 25.8 Å². The summed E-state index contributed by atoms with van der Waals surface area (Å²) in [5, 5.41) is 9.11. The fourth-order valence-corrected chi connectivity index (χ4v) is 2.19. The van der Waals surface area contributed by atoms with Crippen molar-refractivity contribution >= 4 is 5.78 Å². The van der Waals surface area contributed by atoms with Gasteiger partial charge in [0.25, 0.3) is 0 Å². The third-order valence-electron chi connectivity index (χ3n) is 3.18. The lowest BCUT2D eigenvalue weighted by molar-refractivity contribution is -0.129. The number of nitriles is 1. The first kappa shape index (κ1) is 12.7. The van der Waals surface area contributed by atoms with E-state index in [0.717, 1.165) is 6.42 Å². The first-order valence-corrected chi connectivity index (χ1v) is 5.96. The van der Waals surface area contributed by atoms with E-state index < -0.39 is 17.8 Å². The van der Waals surface area contributed by atoms with Crippen molar-refractivity contribution in [3.8, 4) is 6.07 Å². The molecule has 0 aromatic heterocycles. The number of ether oxygens (including phenoxy) is 1. The van der Waals surface area contributed by atoms with Crippen LogP contribution in [0.2, 0.25) is 0 Å². The van der Waals surface area contributed by atoms with Crippen molar-refractivity contribution in [1.29, 1.82) is 5.26 Å². The number of ketones is 1. The van der Waals surface area contributed by atoms with Gasteiger partial charge in [-0.25, -0.2) is 4.39 Å². The Hall–Kier alpha value is -1.73. The quantitative estimate of drug-likeness (QED) is 0.824. The average molecular weight is 247 g/mol. The Kier molecular flexibility index (Phi) is 3.73. The Bertz CT molecular complexity index is 495. The van der Waals surface area contributed by atoms with Gasteiger partial charge in [0, 0.05) is 5.56 Å². The molecule has 1 fully saturated rings. The molecule has 0 bridgehead atoms. The smallest absolute Gasteiger partial charge is 0.183 e. The lowest BCUT2D eigenvalue weighted by Crippen LogP contribution is -2.26. The van der Waals surface area contributed by atoms with Crippen molar-refractivity contribution in [2.45, 2.75) is 37.9 Å². The van der Waals surface area contributed by atoms with E-state index in [1.807, 2.05) is 13.0 Å². The molecule has 2 rings (SSSR count). The van der Waals surface area contributed by atoms with Crippen LogP contribution in [-0.4, -0.2) is 18.0 Å². The molecule has 0 spiro atoms. The van der Waals surface area contributed by atoms with Crippen LogP contribution in [-0.2, 0) is 9.53 Å². The molecule has 0 radical (unpaired) electrons. The van der Waals surface area contributed by atoms with Gasteiger partial charge in [0.15, 0.2) is 5.78 Å². The second-order valence-electron chi connectivity index (χ2n) is 4.50. The summed E-state index contributed by atoms with van der Waals surface area (Å²) in [6.45, 7) is 1.89. The third kappa shape index (κ3) is 2.41. The molecule has 1 aliphatic heterocycles. The Morgan fingerprint density at radius 2 is 2.22 bits per heavy atom. The number of halogens is 1. The molecule has 18 heavy (non-hydrogen) atoms. The van der Waals surface area contributed by atoms with Gasteiger partial charge in [-0.15, -0.1) is 0 Å². The van der Waals surface area contributed by atoms with E-state index >= 15 is 0 Å². The normalized spacial score (nSPS) is 24.5. The fraction of sp³-hybridized carbons (Fsp3) is 0.429. The molecule has 0 saturated carbocycles. The van der Waals surface area contributed by atoms with Crippen LogP contribution in [0.4, 0.5) is 4.39 Å². The summed E-state index contributed by atoms with van der Waals surface area (Å²) >= 11 is 0. The zero-order valence-electron chi connectivity index (χ0n) is 10.1. The molecule has 94 valence electrons. The first-order chi connectivity index (χ1) is 8.63. The van der Waals surface area contributed by atoms with Crippen LogP contribution in [0.1, 0.15) is 31.2 Å². The van der Waals surface area contributed by atoms with Crippen molar-refractivity contribution in [2.75, 3.05) is 0 Å². The van der Waals surface area contributed by atoms with Gasteiger partial charge in [-0.3, -0.25) is 4.79 Å². The second-order valence-corrected chi connectivity index (χ2v) is 4.50. The highest BCUT2D eigenvalue weighted by Crippen LogP contribution is 2.27. The maximum absolute atomic E-state index is 13.6. The Morgan fingerprint density at radius 3 is 2.78 bits per heavy atom. The van der Waals surface area contributed by atoms with Gasteiger partial charge in [-0.2, -0.15) is 5.26 Å². The molecule has 1 aromatic rings. The lowest BCUT2D eigenvalue weighted by atomic mass is 9.92. The molecule has 1 aliphatic rings. The molecular formula is C14H14FNO2. The summed E-state index contributed by atoms with van der Waals surface area (Å²) in [4.78, 5) is 12.2. The molecule has 0 amide bonds. The van der Waals surface area contributed by atoms with E-state index in [-0.39, 0.29) is 17.5 Å². The van der Waals surface area contributed by atoms with E-state index in [9.17, 15) is 9.18 Å². The maximum atomic E-state index is 13.6. The highest BCUT2D eigenvalue weighted by Gasteiger charge is 2.34. The predicted molar refractivity (Wildman–Crippen MR) is 63.3 cm³/mol. The van der Waals surface area contributed by atoms with Crippen LogP contribution in [0.25, 0.3) is 0 Å². The third-order valence-corrected chi connectivity index (χ3v) is 3.18. The predicted octanol–water partition coefficient (Wildman–Crippen LogP) is 2.57. The van der Waals surface area contributed by atoms with Crippen LogP contribution in [0.5, 0.6) is 0 Å². The fourth-order valence-electron chi connectivity index (χ4n) is 2.19. The van der Waals surface area contributed by atoms with Gasteiger partial charge in [0.05, 0.1) is 12.2 Å². The first-order valence-electron chi connectivity index (χ1n) is 5.96. The number of hydrogen-bond acceptors (Lipinski definition) is 3. The van der Waals surface area contributed by atoms with Gasteiger partial charge in [-0.1, -0.05) is 18.2 Å². The number of carbonyl (C=O) groups is 1. The topological polar surface area (TPSA) is 50.1 Å². The van der Waals surface area contributed by atoms with Gasteiger partial charge < -0.3 is 4.74 Å². The van der Waals surface area contributed by atoms with E-state index in [4.69, 9.17) is 10.00 Å². The Balaban J connectivity index is 2.22. The van der Waals surface area contributed by atoms with Crippen LogP contribution >= 0.6 is 0 Å². The zero-order chi connectivity index (χ0) is 13.1. The van der Waals surface area contributed by atoms with E-state index in [2.05, 4.69) is 0 Å². The monoisotopic (exact) mass is 247 g/mol. The molecule has 3 unspecified atom stereocenters. The van der Waals surface area contributed by atoms with Gasteiger partial charge >= 0.3 is 0 Å². The number of carbonyl (C=O) groups excluding carboxylic acids is 1. The lowest BCUT2D eigenvalue weighted by Gasteiger charge is -2.14. The van der Waals surface area contributed by atoms with E-state index in [0.29, 0.717) is 6.42 Å². The Morgan fingerprint density at radius 1 is 1.50 bits per heavy atom. The molecule has 0 aliphatic carbocycles. The summed E-state index contributed by atoms with van der Waals surface area (Å²) in [6.07, 6.45) is 0.849. The molecule has 4 heteroatoms. The van der Waals surface area contributed by atoms with Crippen LogP contribution < -0.4 is 0 Å². The largest absolute Gasteiger partial charge is 0.367 e. The van der Waals surface area contributed by atoms with Crippen LogP contribution in [0.3, 0.4) is 0 Å². The summed E-state index contributed by atoms with van der Waals surface area (Å²) in [7, 11) is 0. The maximum Gasteiger partial charge on any atom is 0.183 e. The van der Waals surface area contributed by atoms with Crippen molar-refractivity contribution < 1.29 is 13.9 Å². The Labute approximate surface area is 105 Å². The molecule has 0 N–H and O–H groups in total. The van der Waals surface area contributed by atoms with Crippen molar-refractivity contribution in [3.63, 3.8) is 0 Å². The number of Topliss-reactive ketones (excluding diaryl/α,β-unsaturated/α-hetero) is 1. The van der Waals surface area contributed by atoms with Crippen LogP contribution in [0, 0.1) is 17.1 Å². The molecule has 3 nitrogen and oxygen atoms in total. The summed E-state index contributed by atoms with van der Waals surface area (Å²) in [5.74, 6) is -1.95. The van der Waals surface area contributed by atoms with Crippen molar-refractivity contribution in [1.82, 2.24) is 0 Å². The standard InChI is InChI=1S/C14H14FNO2/c1-9-6-7-13(18-9)14(17)11(8-16)10-4-2-3-5-12(10)15/h2-5,9,11,13H,6-7H2,1H3. The number of benzene rings is 1. The highest BCUT2D eigenvalue weighted by atomic mass is 19.1. The molecule has 1 heterocycles.